The summed E-state index contributed by atoms with van der Waals surface area (Å²) in [6.07, 6.45) is 6.02. The molecule has 1 fully saturated rings. The molecule has 0 aliphatic carbocycles. The quantitative estimate of drug-likeness (QED) is 0.573. The van der Waals surface area contributed by atoms with Crippen LogP contribution in [0.15, 0.2) is 47.5 Å². The van der Waals surface area contributed by atoms with E-state index in [-0.39, 0.29) is 5.97 Å². The standard InChI is InChI=1S/C24H27N3O2/c1-29-24(28)23-13-19(5-3-9-27-17-18-7-10-26-11-8-18)12-22(15-23)21-6-2-4-20(14-21)16-25/h2,4,6,9,12-15,18,26H,3,5,7-8,10-11,17H2,1H3. The van der Waals surface area contributed by atoms with E-state index in [9.17, 15) is 4.79 Å². The maximum absolute atomic E-state index is 12.1. The molecule has 0 radical (unpaired) electrons. The largest absolute Gasteiger partial charge is 0.465 e. The van der Waals surface area contributed by atoms with Crippen LogP contribution in [0.1, 0.15) is 40.7 Å². The van der Waals surface area contributed by atoms with Crippen LogP contribution in [0.4, 0.5) is 0 Å². The topological polar surface area (TPSA) is 74.5 Å². The Labute approximate surface area is 172 Å². The van der Waals surface area contributed by atoms with Gasteiger partial charge in [0.1, 0.15) is 0 Å². The van der Waals surface area contributed by atoms with Crippen LogP contribution in [0.3, 0.4) is 0 Å². The molecule has 2 aromatic carbocycles. The summed E-state index contributed by atoms with van der Waals surface area (Å²) in [5.41, 5.74) is 3.99. The van der Waals surface area contributed by atoms with E-state index in [0.29, 0.717) is 17.0 Å². The Hall–Kier alpha value is -2.97. The van der Waals surface area contributed by atoms with Crippen molar-refractivity contribution in [2.24, 2.45) is 10.9 Å². The number of carbonyl (C=O) groups is 1. The Kier molecular flexibility index (Phi) is 7.54. The summed E-state index contributed by atoms with van der Waals surface area (Å²) in [4.78, 5) is 16.7. The number of esters is 1. The van der Waals surface area contributed by atoms with Crippen molar-refractivity contribution in [3.63, 3.8) is 0 Å². The van der Waals surface area contributed by atoms with Gasteiger partial charge in [0.15, 0.2) is 0 Å². The third-order valence-electron chi connectivity index (χ3n) is 5.25. The van der Waals surface area contributed by atoms with Gasteiger partial charge in [0.05, 0.1) is 24.3 Å². The number of benzene rings is 2. The Morgan fingerprint density at radius 2 is 2.07 bits per heavy atom. The lowest BCUT2D eigenvalue weighted by atomic mass is 9.96. The van der Waals surface area contributed by atoms with Gasteiger partial charge in [-0.2, -0.15) is 5.26 Å². The molecule has 0 bridgehead atoms. The molecule has 3 rings (SSSR count). The molecular formula is C24H27N3O2. The smallest absolute Gasteiger partial charge is 0.337 e. The average molecular weight is 389 g/mol. The van der Waals surface area contributed by atoms with Gasteiger partial charge in [-0.05, 0) is 91.9 Å². The number of nitrogens with one attached hydrogen (secondary N) is 1. The molecule has 5 nitrogen and oxygen atoms in total. The van der Waals surface area contributed by atoms with Gasteiger partial charge in [0.2, 0.25) is 0 Å². The van der Waals surface area contributed by atoms with Crippen molar-refractivity contribution in [3.8, 4) is 17.2 Å². The first-order valence-corrected chi connectivity index (χ1v) is 10.1. The third-order valence-corrected chi connectivity index (χ3v) is 5.25. The normalized spacial score (nSPS) is 14.6. The fourth-order valence-electron chi connectivity index (χ4n) is 3.62. The van der Waals surface area contributed by atoms with Crippen molar-refractivity contribution < 1.29 is 9.53 Å². The molecule has 0 unspecified atom stereocenters. The summed E-state index contributed by atoms with van der Waals surface area (Å²) in [5.74, 6) is 0.332. The van der Waals surface area contributed by atoms with E-state index < -0.39 is 0 Å². The SMILES string of the molecule is COC(=O)c1cc(CCC=NCC2CCNCC2)cc(-c2cccc(C#N)c2)c1. The minimum Gasteiger partial charge on any atom is -0.465 e. The van der Waals surface area contributed by atoms with Gasteiger partial charge < -0.3 is 10.1 Å². The fourth-order valence-corrected chi connectivity index (χ4v) is 3.62. The van der Waals surface area contributed by atoms with Crippen LogP contribution in [-0.2, 0) is 11.2 Å². The summed E-state index contributed by atoms with van der Waals surface area (Å²) in [6, 6.07) is 15.3. The van der Waals surface area contributed by atoms with Crippen molar-refractivity contribution in [1.29, 1.82) is 5.26 Å². The van der Waals surface area contributed by atoms with Crippen molar-refractivity contribution in [1.82, 2.24) is 5.32 Å². The second-order valence-corrected chi connectivity index (χ2v) is 7.38. The molecule has 1 aliphatic rings. The Balaban J connectivity index is 1.71. The first-order valence-electron chi connectivity index (χ1n) is 10.1. The minimum absolute atomic E-state index is 0.357. The lowest BCUT2D eigenvalue weighted by Crippen LogP contribution is -2.28. The highest BCUT2D eigenvalue weighted by Gasteiger charge is 2.12. The van der Waals surface area contributed by atoms with E-state index in [1.807, 2.05) is 36.5 Å². The molecule has 1 aliphatic heterocycles. The molecule has 5 heteroatoms. The summed E-state index contributed by atoms with van der Waals surface area (Å²) in [5, 5.41) is 12.5. The first-order chi connectivity index (χ1) is 14.2. The lowest BCUT2D eigenvalue weighted by molar-refractivity contribution is 0.0600. The van der Waals surface area contributed by atoms with Crippen molar-refractivity contribution in [2.45, 2.75) is 25.7 Å². The second-order valence-electron chi connectivity index (χ2n) is 7.38. The zero-order chi connectivity index (χ0) is 20.5. The number of piperidine rings is 1. The molecular weight excluding hydrogens is 362 g/mol. The number of hydrogen-bond donors (Lipinski definition) is 1. The molecule has 0 aromatic heterocycles. The van der Waals surface area contributed by atoms with Gasteiger partial charge in [0, 0.05) is 6.54 Å². The number of nitriles is 1. The molecule has 1 saturated heterocycles. The number of aryl methyl sites for hydroxylation is 1. The molecule has 29 heavy (non-hydrogen) atoms. The maximum Gasteiger partial charge on any atom is 0.337 e. The van der Waals surface area contributed by atoms with Crippen LogP contribution < -0.4 is 5.32 Å². The van der Waals surface area contributed by atoms with Crippen LogP contribution >= 0.6 is 0 Å². The lowest BCUT2D eigenvalue weighted by Gasteiger charge is -2.20. The van der Waals surface area contributed by atoms with E-state index in [1.54, 1.807) is 6.07 Å². The summed E-state index contributed by atoms with van der Waals surface area (Å²) >= 11 is 0. The zero-order valence-corrected chi connectivity index (χ0v) is 16.9. The van der Waals surface area contributed by atoms with Gasteiger partial charge in [0.25, 0.3) is 0 Å². The number of aliphatic imine (C=N–C) groups is 1. The second kappa shape index (κ2) is 10.5. The van der Waals surface area contributed by atoms with Crippen LogP contribution in [0.5, 0.6) is 0 Å². The molecule has 1 N–H and O–H groups in total. The summed E-state index contributed by atoms with van der Waals surface area (Å²) < 4.78 is 4.91. The number of rotatable bonds is 7. The third kappa shape index (κ3) is 6.00. The highest BCUT2D eigenvalue weighted by Crippen LogP contribution is 2.24. The molecule has 2 aromatic rings. The van der Waals surface area contributed by atoms with Gasteiger partial charge in [-0.15, -0.1) is 0 Å². The summed E-state index contributed by atoms with van der Waals surface area (Å²) in [7, 11) is 1.39. The van der Waals surface area contributed by atoms with Gasteiger partial charge in [-0.1, -0.05) is 18.2 Å². The van der Waals surface area contributed by atoms with Crippen LogP contribution in [0.2, 0.25) is 0 Å². The van der Waals surface area contributed by atoms with E-state index >= 15 is 0 Å². The monoisotopic (exact) mass is 389 g/mol. The number of hydrogen-bond acceptors (Lipinski definition) is 5. The van der Waals surface area contributed by atoms with Crippen molar-refractivity contribution in [2.75, 3.05) is 26.7 Å². The van der Waals surface area contributed by atoms with Crippen molar-refractivity contribution >= 4 is 12.2 Å². The minimum atomic E-state index is -0.357. The highest BCUT2D eigenvalue weighted by atomic mass is 16.5. The molecule has 150 valence electrons. The van der Waals surface area contributed by atoms with Gasteiger partial charge in [-0.3, -0.25) is 4.99 Å². The first kappa shape index (κ1) is 20.8. The molecule has 0 atom stereocenters. The number of nitrogens with zero attached hydrogens (tertiary/aromatic N) is 2. The maximum atomic E-state index is 12.1. The van der Waals surface area contributed by atoms with Crippen LogP contribution in [0.25, 0.3) is 11.1 Å². The van der Waals surface area contributed by atoms with Gasteiger partial charge in [-0.25, -0.2) is 4.79 Å². The average Bonchev–Trinajstić information content (AvgIpc) is 2.78. The van der Waals surface area contributed by atoms with E-state index in [1.165, 1.54) is 20.0 Å². The molecule has 1 heterocycles. The molecule has 0 spiro atoms. The predicted molar refractivity (Wildman–Crippen MR) is 115 cm³/mol. The number of carbonyl (C=O) groups excluding carboxylic acids is 1. The molecule has 0 saturated carbocycles. The van der Waals surface area contributed by atoms with E-state index in [0.717, 1.165) is 49.2 Å². The Morgan fingerprint density at radius 3 is 2.83 bits per heavy atom. The van der Waals surface area contributed by atoms with Gasteiger partial charge >= 0.3 is 5.97 Å². The van der Waals surface area contributed by atoms with E-state index in [2.05, 4.69) is 22.4 Å². The Morgan fingerprint density at radius 1 is 1.24 bits per heavy atom. The van der Waals surface area contributed by atoms with Crippen LogP contribution in [0, 0.1) is 17.2 Å². The zero-order valence-electron chi connectivity index (χ0n) is 16.9. The Bertz CT molecular complexity index is 909. The van der Waals surface area contributed by atoms with E-state index in [4.69, 9.17) is 10.00 Å². The highest BCUT2D eigenvalue weighted by molar-refractivity contribution is 5.91. The summed E-state index contributed by atoms with van der Waals surface area (Å²) in [6.45, 7) is 3.09. The number of methoxy groups -OCH3 is 1. The molecule has 0 amide bonds. The number of ether oxygens (including phenoxy) is 1. The fraction of sp³-hybridized carbons (Fsp3) is 0.375. The predicted octanol–water partition coefficient (Wildman–Crippen LogP) is 4.01. The van der Waals surface area contributed by atoms with Crippen LogP contribution in [-0.4, -0.2) is 38.9 Å². The van der Waals surface area contributed by atoms with Crippen molar-refractivity contribution in [3.05, 3.63) is 59.2 Å².